The van der Waals surface area contributed by atoms with Gasteiger partial charge in [0.05, 0.1) is 6.61 Å². The minimum Gasteiger partial charge on any atom is -0.359 e. The predicted molar refractivity (Wildman–Crippen MR) is 109 cm³/mol. The average molecular weight is 366 g/mol. The summed E-state index contributed by atoms with van der Waals surface area (Å²) in [7, 11) is 0. The number of aryl methyl sites for hydroxylation is 1. The first kappa shape index (κ1) is 18.7. The molecular weight excluding hydrogens is 342 g/mol. The van der Waals surface area contributed by atoms with Crippen LogP contribution in [-0.2, 0) is 10.3 Å². The van der Waals surface area contributed by atoms with Crippen molar-refractivity contribution in [3.05, 3.63) is 106 Å². The molecule has 3 heteroatoms. The van der Waals surface area contributed by atoms with Crippen molar-refractivity contribution in [2.45, 2.75) is 25.5 Å². The summed E-state index contributed by atoms with van der Waals surface area (Å²) in [6.07, 6.45) is 0. The zero-order valence-electron chi connectivity index (χ0n) is 15.2. The van der Waals surface area contributed by atoms with E-state index in [0.29, 0.717) is 11.6 Å². The summed E-state index contributed by atoms with van der Waals surface area (Å²) in [6.45, 7) is 4.43. The Morgan fingerprint density at radius 1 is 0.885 bits per heavy atom. The molecule has 0 saturated carbocycles. The Hall–Kier alpha value is -2.13. The third-order valence-electron chi connectivity index (χ3n) is 4.45. The van der Waals surface area contributed by atoms with Gasteiger partial charge in [-0.15, -0.1) is 0 Å². The molecule has 0 spiro atoms. The molecule has 0 aliphatic carbocycles. The summed E-state index contributed by atoms with van der Waals surface area (Å²) < 4.78 is 6.56. The maximum Gasteiger partial charge on any atom is 0.145 e. The van der Waals surface area contributed by atoms with Gasteiger partial charge in [0.2, 0.25) is 0 Å². The van der Waals surface area contributed by atoms with Crippen molar-refractivity contribution in [2.24, 2.45) is 5.73 Å². The van der Waals surface area contributed by atoms with Gasteiger partial charge in [0.15, 0.2) is 0 Å². The molecule has 0 saturated heterocycles. The van der Waals surface area contributed by atoms with E-state index in [2.05, 4.69) is 43.3 Å². The molecule has 0 bridgehead atoms. The average Bonchev–Trinajstić information content (AvgIpc) is 2.65. The lowest BCUT2D eigenvalue weighted by Crippen LogP contribution is -2.37. The van der Waals surface area contributed by atoms with E-state index in [9.17, 15) is 0 Å². The van der Waals surface area contributed by atoms with Gasteiger partial charge >= 0.3 is 0 Å². The molecule has 26 heavy (non-hydrogen) atoms. The van der Waals surface area contributed by atoms with Gasteiger partial charge in [0.1, 0.15) is 5.60 Å². The Kier molecular flexibility index (Phi) is 5.77. The second-order valence-electron chi connectivity index (χ2n) is 6.68. The highest BCUT2D eigenvalue weighted by Crippen LogP contribution is 2.43. The van der Waals surface area contributed by atoms with Crippen LogP contribution in [0.15, 0.2) is 78.9 Å². The number of nitrogens with two attached hydrogens (primary N) is 1. The van der Waals surface area contributed by atoms with Crippen molar-refractivity contribution in [1.82, 2.24) is 0 Å². The summed E-state index contributed by atoms with van der Waals surface area (Å²) in [5.74, 6) is 0. The van der Waals surface area contributed by atoms with Gasteiger partial charge in [0.25, 0.3) is 0 Å². The van der Waals surface area contributed by atoms with Crippen molar-refractivity contribution >= 4 is 11.6 Å². The quantitative estimate of drug-likeness (QED) is 0.601. The number of ether oxygens (including phenoxy) is 1. The molecule has 0 radical (unpaired) electrons. The van der Waals surface area contributed by atoms with Gasteiger partial charge in [0, 0.05) is 16.6 Å². The van der Waals surface area contributed by atoms with Gasteiger partial charge in [-0.25, -0.2) is 0 Å². The van der Waals surface area contributed by atoms with Crippen molar-refractivity contribution < 1.29 is 4.74 Å². The fourth-order valence-corrected chi connectivity index (χ4v) is 3.46. The lowest BCUT2D eigenvalue weighted by Gasteiger charge is -2.37. The second-order valence-corrected chi connectivity index (χ2v) is 7.09. The Bertz CT molecular complexity index is 846. The van der Waals surface area contributed by atoms with Crippen molar-refractivity contribution in [2.75, 3.05) is 6.61 Å². The van der Waals surface area contributed by atoms with Crippen LogP contribution in [0.2, 0.25) is 5.02 Å². The molecular formula is C23H24ClNO. The van der Waals surface area contributed by atoms with Gasteiger partial charge in [-0.3, -0.25) is 0 Å². The SMILES string of the molecule is Cc1ccc(C(OC[C@@H](C)N)(c2ccccc2)c2ccccc2Cl)cc1. The molecule has 134 valence electrons. The van der Waals surface area contributed by atoms with Crippen LogP contribution in [0.4, 0.5) is 0 Å². The van der Waals surface area contributed by atoms with E-state index in [1.165, 1.54) is 5.56 Å². The number of benzene rings is 3. The minimum atomic E-state index is -0.819. The predicted octanol–water partition coefficient (Wildman–Crippen LogP) is 5.30. The maximum absolute atomic E-state index is 6.64. The Labute approximate surface area is 160 Å². The largest absolute Gasteiger partial charge is 0.359 e. The molecule has 2 atom stereocenters. The molecule has 3 aromatic rings. The molecule has 0 fully saturated rings. The van der Waals surface area contributed by atoms with E-state index in [-0.39, 0.29) is 6.04 Å². The van der Waals surface area contributed by atoms with Crippen LogP contribution in [0.1, 0.15) is 29.2 Å². The molecule has 0 aliphatic rings. The van der Waals surface area contributed by atoms with Crippen LogP contribution >= 0.6 is 11.6 Å². The fourth-order valence-electron chi connectivity index (χ4n) is 3.19. The Morgan fingerprint density at radius 2 is 1.46 bits per heavy atom. The molecule has 0 heterocycles. The molecule has 3 rings (SSSR count). The zero-order chi connectivity index (χ0) is 18.6. The van der Waals surface area contributed by atoms with Crippen LogP contribution in [0.25, 0.3) is 0 Å². The molecule has 3 aromatic carbocycles. The van der Waals surface area contributed by atoms with E-state index in [1.54, 1.807) is 0 Å². The number of halogens is 1. The van der Waals surface area contributed by atoms with Crippen molar-refractivity contribution in [1.29, 1.82) is 0 Å². The van der Waals surface area contributed by atoms with Crippen molar-refractivity contribution in [3.8, 4) is 0 Å². The third-order valence-corrected chi connectivity index (χ3v) is 4.78. The monoisotopic (exact) mass is 365 g/mol. The molecule has 0 aliphatic heterocycles. The number of rotatable bonds is 6. The van der Waals surface area contributed by atoms with E-state index in [0.717, 1.165) is 16.7 Å². The highest BCUT2D eigenvalue weighted by atomic mass is 35.5. The molecule has 0 aromatic heterocycles. The normalized spacial score (nSPS) is 14.6. The van der Waals surface area contributed by atoms with E-state index >= 15 is 0 Å². The van der Waals surface area contributed by atoms with Crippen molar-refractivity contribution in [3.63, 3.8) is 0 Å². The lowest BCUT2D eigenvalue weighted by atomic mass is 9.79. The first-order valence-corrected chi connectivity index (χ1v) is 9.19. The van der Waals surface area contributed by atoms with E-state index < -0.39 is 5.60 Å². The highest BCUT2D eigenvalue weighted by Gasteiger charge is 2.39. The zero-order valence-corrected chi connectivity index (χ0v) is 15.9. The number of hydrogen-bond acceptors (Lipinski definition) is 2. The Balaban J connectivity index is 2.30. The van der Waals surface area contributed by atoms with Crippen LogP contribution in [0.5, 0.6) is 0 Å². The lowest BCUT2D eigenvalue weighted by molar-refractivity contribution is 0.00723. The van der Waals surface area contributed by atoms with Crippen LogP contribution in [0.3, 0.4) is 0 Å². The van der Waals surface area contributed by atoms with Gasteiger partial charge in [-0.05, 0) is 31.0 Å². The van der Waals surface area contributed by atoms with E-state index in [1.807, 2.05) is 49.4 Å². The second kappa shape index (κ2) is 8.05. The topological polar surface area (TPSA) is 35.2 Å². The summed E-state index contributed by atoms with van der Waals surface area (Å²) in [6, 6.07) is 26.3. The number of hydrogen-bond donors (Lipinski definition) is 1. The van der Waals surface area contributed by atoms with Gasteiger partial charge < -0.3 is 10.5 Å². The highest BCUT2D eigenvalue weighted by molar-refractivity contribution is 6.31. The summed E-state index contributed by atoms with van der Waals surface area (Å²) in [5, 5.41) is 0.668. The van der Waals surface area contributed by atoms with Gasteiger partial charge in [-0.1, -0.05) is 90.0 Å². The third kappa shape index (κ3) is 3.68. The van der Waals surface area contributed by atoms with Gasteiger partial charge in [-0.2, -0.15) is 0 Å². The molecule has 0 amide bonds. The standard InChI is InChI=1S/C23H24ClNO/c1-17-12-14-20(15-13-17)23(26-16-18(2)25,19-8-4-3-5-9-19)21-10-6-7-11-22(21)24/h3-15,18H,16,25H2,1-2H3/t18-,23?/m1/s1. The molecule has 1 unspecified atom stereocenters. The summed E-state index contributed by atoms with van der Waals surface area (Å²) in [5.41, 5.74) is 9.39. The summed E-state index contributed by atoms with van der Waals surface area (Å²) >= 11 is 6.64. The first-order valence-electron chi connectivity index (χ1n) is 8.81. The first-order chi connectivity index (χ1) is 12.5. The molecule has 2 N–H and O–H groups in total. The smallest absolute Gasteiger partial charge is 0.145 e. The van der Waals surface area contributed by atoms with Crippen LogP contribution < -0.4 is 5.73 Å². The molecule has 2 nitrogen and oxygen atoms in total. The maximum atomic E-state index is 6.64. The minimum absolute atomic E-state index is 0.0916. The summed E-state index contributed by atoms with van der Waals surface area (Å²) in [4.78, 5) is 0. The van der Waals surface area contributed by atoms with Crippen LogP contribution in [0, 0.1) is 6.92 Å². The van der Waals surface area contributed by atoms with Crippen LogP contribution in [-0.4, -0.2) is 12.6 Å². The fraction of sp³-hybridized carbons (Fsp3) is 0.217. The van der Waals surface area contributed by atoms with E-state index in [4.69, 9.17) is 22.1 Å². The Morgan fingerprint density at radius 3 is 2.08 bits per heavy atom.